The Balaban J connectivity index is 2.18. The minimum absolute atomic E-state index is 0.0353. The van der Waals surface area contributed by atoms with Crippen LogP contribution in [0, 0.1) is 5.92 Å². The van der Waals surface area contributed by atoms with Crippen molar-refractivity contribution in [3.63, 3.8) is 0 Å². The summed E-state index contributed by atoms with van der Waals surface area (Å²) in [6.45, 7) is 4.19. The van der Waals surface area contributed by atoms with Crippen LogP contribution in [0.4, 0.5) is 4.79 Å². The van der Waals surface area contributed by atoms with Gasteiger partial charge in [0.1, 0.15) is 5.54 Å². The number of urea groups is 1. The van der Waals surface area contributed by atoms with E-state index in [4.69, 9.17) is 0 Å². The molecule has 1 saturated heterocycles. The van der Waals surface area contributed by atoms with Gasteiger partial charge < -0.3 is 5.32 Å². The van der Waals surface area contributed by atoms with E-state index >= 15 is 0 Å². The Morgan fingerprint density at radius 1 is 1.31 bits per heavy atom. The lowest BCUT2D eigenvalue weighted by molar-refractivity contribution is -0.132. The van der Waals surface area contributed by atoms with Crippen molar-refractivity contribution in [2.45, 2.75) is 51.5 Å². The van der Waals surface area contributed by atoms with E-state index in [-0.39, 0.29) is 11.9 Å². The number of nitrogens with zero attached hydrogens (tertiary/aromatic N) is 1. The molecule has 0 aromatic rings. The van der Waals surface area contributed by atoms with Crippen LogP contribution in [0.3, 0.4) is 0 Å². The van der Waals surface area contributed by atoms with Crippen LogP contribution in [-0.2, 0) is 4.79 Å². The van der Waals surface area contributed by atoms with Gasteiger partial charge in [-0.3, -0.25) is 9.69 Å². The lowest BCUT2D eigenvalue weighted by Crippen LogP contribution is -2.51. The number of rotatable bonds is 2. The summed E-state index contributed by atoms with van der Waals surface area (Å²) in [5.74, 6) is 0.279. The Hall–Kier alpha value is -1.06. The first-order valence-corrected chi connectivity index (χ1v) is 6.23. The van der Waals surface area contributed by atoms with E-state index in [0.29, 0.717) is 12.5 Å². The summed E-state index contributed by atoms with van der Waals surface area (Å²) in [5.41, 5.74) is -0.645. The normalized spacial score (nSPS) is 32.0. The summed E-state index contributed by atoms with van der Waals surface area (Å²) >= 11 is 0. The van der Waals surface area contributed by atoms with E-state index in [0.717, 1.165) is 12.8 Å². The fraction of sp³-hybridized carbons (Fsp3) is 0.833. The van der Waals surface area contributed by atoms with Gasteiger partial charge >= 0.3 is 6.03 Å². The van der Waals surface area contributed by atoms with Crippen molar-refractivity contribution in [2.75, 3.05) is 6.54 Å². The van der Waals surface area contributed by atoms with E-state index in [2.05, 4.69) is 5.32 Å². The van der Waals surface area contributed by atoms with Crippen molar-refractivity contribution in [1.82, 2.24) is 10.2 Å². The molecule has 0 aromatic carbocycles. The monoisotopic (exact) mass is 224 g/mol. The number of nitrogens with one attached hydrogen (secondary N) is 1. The van der Waals surface area contributed by atoms with Gasteiger partial charge in [0.25, 0.3) is 5.91 Å². The number of imide groups is 1. The van der Waals surface area contributed by atoms with Gasteiger partial charge in [-0.15, -0.1) is 0 Å². The smallest absolute Gasteiger partial charge is 0.323 e. The third-order valence-electron chi connectivity index (χ3n) is 4.04. The fourth-order valence-electron chi connectivity index (χ4n) is 2.96. The summed E-state index contributed by atoms with van der Waals surface area (Å²) in [7, 11) is 0. The molecule has 2 fully saturated rings. The van der Waals surface area contributed by atoms with Crippen LogP contribution in [-0.4, -0.2) is 28.9 Å². The highest BCUT2D eigenvalue weighted by molar-refractivity contribution is 6.06. The molecule has 1 N–H and O–H groups in total. The van der Waals surface area contributed by atoms with Crippen molar-refractivity contribution in [2.24, 2.45) is 5.92 Å². The molecule has 1 atom stereocenters. The summed E-state index contributed by atoms with van der Waals surface area (Å²) in [5, 5.41) is 2.89. The van der Waals surface area contributed by atoms with Crippen LogP contribution in [0.5, 0.6) is 0 Å². The van der Waals surface area contributed by atoms with Crippen molar-refractivity contribution in [1.29, 1.82) is 0 Å². The molecule has 1 unspecified atom stereocenters. The van der Waals surface area contributed by atoms with Crippen molar-refractivity contribution in [3.8, 4) is 0 Å². The van der Waals surface area contributed by atoms with Crippen LogP contribution in [0.1, 0.15) is 46.0 Å². The zero-order chi connectivity index (χ0) is 11.8. The number of hydrogen-bond donors (Lipinski definition) is 1. The van der Waals surface area contributed by atoms with E-state index in [1.54, 1.807) is 0 Å². The number of likely N-dealkylation sites (N-methyl/N-ethyl adjacent to an activating group) is 1. The maximum absolute atomic E-state index is 12.2. The fourth-order valence-corrected chi connectivity index (χ4v) is 2.96. The maximum atomic E-state index is 12.2. The lowest BCUT2D eigenvalue weighted by atomic mass is 9.75. The molecule has 90 valence electrons. The van der Waals surface area contributed by atoms with Crippen LogP contribution in [0.25, 0.3) is 0 Å². The SMILES string of the molecule is CCN1C(=O)NC(C)(C2CCCCC2)C1=O. The second-order valence-electron chi connectivity index (χ2n) is 5.02. The Bertz CT molecular complexity index is 310. The molecule has 1 saturated carbocycles. The Labute approximate surface area is 96.4 Å². The van der Waals surface area contributed by atoms with E-state index in [1.807, 2.05) is 13.8 Å². The molecule has 0 radical (unpaired) electrons. The minimum Gasteiger partial charge on any atom is -0.323 e. The molecule has 1 heterocycles. The van der Waals surface area contributed by atoms with Gasteiger partial charge in [-0.1, -0.05) is 19.3 Å². The van der Waals surface area contributed by atoms with E-state index in [9.17, 15) is 9.59 Å². The number of amides is 3. The molecule has 4 heteroatoms. The van der Waals surface area contributed by atoms with Gasteiger partial charge in [-0.05, 0) is 32.6 Å². The minimum atomic E-state index is -0.645. The third-order valence-corrected chi connectivity index (χ3v) is 4.04. The van der Waals surface area contributed by atoms with Crippen molar-refractivity contribution in [3.05, 3.63) is 0 Å². The first-order valence-electron chi connectivity index (χ1n) is 6.23. The molecule has 0 aromatic heterocycles. The maximum Gasteiger partial charge on any atom is 0.325 e. The summed E-state index contributed by atoms with van der Waals surface area (Å²) in [4.78, 5) is 25.2. The predicted molar refractivity (Wildman–Crippen MR) is 60.9 cm³/mol. The molecule has 1 aliphatic heterocycles. The topological polar surface area (TPSA) is 49.4 Å². The Kier molecular flexibility index (Phi) is 2.91. The summed E-state index contributed by atoms with van der Waals surface area (Å²) in [6.07, 6.45) is 5.72. The second-order valence-corrected chi connectivity index (χ2v) is 5.02. The zero-order valence-electron chi connectivity index (χ0n) is 10.1. The molecule has 2 rings (SSSR count). The third kappa shape index (κ3) is 1.60. The van der Waals surface area contributed by atoms with Crippen molar-refractivity contribution >= 4 is 11.9 Å². The molecule has 2 aliphatic rings. The molecular weight excluding hydrogens is 204 g/mol. The van der Waals surface area contributed by atoms with Gasteiger partial charge in [-0.2, -0.15) is 0 Å². The van der Waals surface area contributed by atoms with E-state index < -0.39 is 5.54 Å². The van der Waals surface area contributed by atoms with Crippen LogP contribution in [0.15, 0.2) is 0 Å². The van der Waals surface area contributed by atoms with Gasteiger partial charge in [0, 0.05) is 6.54 Å². The average molecular weight is 224 g/mol. The highest BCUT2D eigenvalue weighted by atomic mass is 16.2. The first kappa shape index (κ1) is 11.4. The number of hydrogen-bond acceptors (Lipinski definition) is 2. The van der Waals surface area contributed by atoms with Gasteiger partial charge in [0.05, 0.1) is 0 Å². The van der Waals surface area contributed by atoms with Gasteiger partial charge in [0.15, 0.2) is 0 Å². The Morgan fingerprint density at radius 2 is 1.94 bits per heavy atom. The van der Waals surface area contributed by atoms with Crippen molar-refractivity contribution < 1.29 is 9.59 Å². The highest BCUT2D eigenvalue weighted by Crippen LogP contribution is 2.36. The second kappa shape index (κ2) is 4.07. The lowest BCUT2D eigenvalue weighted by Gasteiger charge is -2.34. The molecule has 16 heavy (non-hydrogen) atoms. The number of carbonyl (C=O) groups is 2. The molecule has 0 spiro atoms. The standard InChI is InChI=1S/C12H20N2O2/c1-3-14-10(15)12(2,13-11(14)16)9-7-5-4-6-8-9/h9H,3-8H2,1-2H3,(H,13,16). The largest absolute Gasteiger partial charge is 0.325 e. The molecule has 3 amide bonds. The quantitative estimate of drug-likeness (QED) is 0.728. The average Bonchev–Trinajstić information content (AvgIpc) is 2.52. The van der Waals surface area contributed by atoms with Crippen LogP contribution in [0.2, 0.25) is 0 Å². The molecular formula is C12H20N2O2. The highest BCUT2D eigenvalue weighted by Gasteiger charge is 2.51. The van der Waals surface area contributed by atoms with Gasteiger partial charge in [0.2, 0.25) is 0 Å². The molecule has 4 nitrogen and oxygen atoms in total. The van der Waals surface area contributed by atoms with E-state index in [1.165, 1.54) is 24.2 Å². The number of carbonyl (C=O) groups excluding carboxylic acids is 2. The summed E-state index contributed by atoms with van der Waals surface area (Å²) in [6, 6.07) is -0.222. The van der Waals surface area contributed by atoms with Gasteiger partial charge in [-0.25, -0.2) is 4.79 Å². The summed E-state index contributed by atoms with van der Waals surface area (Å²) < 4.78 is 0. The molecule has 0 bridgehead atoms. The molecule has 1 aliphatic carbocycles. The van der Waals surface area contributed by atoms with Crippen LogP contribution < -0.4 is 5.32 Å². The first-order chi connectivity index (χ1) is 7.59. The Morgan fingerprint density at radius 3 is 2.44 bits per heavy atom. The predicted octanol–water partition coefficient (Wildman–Crippen LogP) is 1.90. The zero-order valence-corrected chi connectivity index (χ0v) is 10.1. The van der Waals surface area contributed by atoms with Crippen LogP contribution >= 0.6 is 0 Å².